The van der Waals surface area contributed by atoms with E-state index in [1.54, 1.807) is 11.8 Å². The van der Waals surface area contributed by atoms with Crippen molar-refractivity contribution in [3.05, 3.63) is 0 Å². The molecule has 1 aliphatic carbocycles. The minimum atomic E-state index is -2.19. The molecular formula is C8H12F2N2S. The number of hydrogen-bond acceptors (Lipinski definition) is 3. The Morgan fingerprint density at radius 2 is 2.31 bits per heavy atom. The topological polar surface area (TPSA) is 24.4 Å². The Bertz CT molecular complexity index is 226. The molecule has 0 atom stereocenters. The van der Waals surface area contributed by atoms with Crippen LogP contribution >= 0.6 is 11.8 Å². The summed E-state index contributed by atoms with van der Waals surface area (Å²) in [7, 11) is 0. The van der Waals surface area contributed by atoms with E-state index in [0.29, 0.717) is 19.4 Å². The van der Waals surface area contributed by atoms with Gasteiger partial charge in [0.15, 0.2) is 5.17 Å². The van der Waals surface area contributed by atoms with Crippen molar-refractivity contribution >= 4 is 16.9 Å². The second-order valence-corrected chi connectivity index (χ2v) is 4.64. The summed E-state index contributed by atoms with van der Waals surface area (Å²) >= 11 is 1.62. The summed E-state index contributed by atoms with van der Waals surface area (Å²) in [6.45, 7) is 1.20. The molecule has 1 saturated carbocycles. The number of alkyl halides is 2. The number of aliphatic imine (C=N–C) groups is 1. The largest absolute Gasteiger partial charge is 0.364 e. The summed E-state index contributed by atoms with van der Waals surface area (Å²) < 4.78 is 24.9. The smallest absolute Gasteiger partial charge is 0.245 e. The molecule has 0 spiro atoms. The maximum absolute atomic E-state index is 12.5. The quantitative estimate of drug-likeness (QED) is 0.760. The zero-order chi connectivity index (χ0) is 9.31. The van der Waals surface area contributed by atoms with Crippen LogP contribution in [0.2, 0.25) is 0 Å². The fourth-order valence-electron chi connectivity index (χ4n) is 1.33. The Hall–Kier alpha value is -0.320. The van der Waals surface area contributed by atoms with E-state index in [1.807, 2.05) is 0 Å². The highest BCUT2D eigenvalue weighted by atomic mass is 32.2. The van der Waals surface area contributed by atoms with Crippen molar-refractivity contribution in [3.8, 4) is 0 Å². The van der Waals surface area contributed by atoms with Crippen molar-refractivity contribution in [3.63, 3.8) is 0 Å². The average Bonchev–Trinajstić information content (AvgIpc) is 2.73. The van der Waals surface area contributed by atoms with Gasteiger partial charge >= 0.3 is 0 Å². The first-order valence-corrected chi connectivity index (χ1v) is 5.41. The molecule has 0 aromatic heterocycles. The predicted molar refractivity (Wildman–Crippen MR) is 50.4 cm³/mol. The van der Waals surface area contributed by atoms with Crippen LogP contribution in [0.4, 0.5) is 8.78 Å². The molecule has 0 bridgehead atoms. The van der Waals surface area contributed by atoms with Gasteiger partial charge in [-0.2, -0.15) is 0 Å². The van der Waals surface area contributed by atoms with Crippen LogP contribution in [-0.2, 0) is 0 Å². The van der Waals surface area contributed by atoms with Gasteiger partial charge in [0.2, 0.25) is 6.43 Å². The standard InChI is InChI=1S/C8H12F2N2S/c9-6(10)8(1-2-8)5-12-7-11-3-4-13-7/h6H,1-5H2,(H,11,12). The lowest BCUT2D eigenvalue weighted by molar-refractivity contribution is 0.0641. The maximum Gasteiger partial charge on any atom is 0.245 e. The fraction of sp³-hybridized carbons (Fsp3) is 0.875. The van der Waals surface area contributed by atoms with Crippen LogP contribution in [0.5, 0.6) is 0 Å². The van der Waals surface area contributed by atoms with Gasteiger partial charge < -0.3 is 5.32 Å². The maximum atomic E-state index is 12.5. The molecule has 5 heteroatoms. The van der Waals surface area contributed by atoms with Crippen LogP contribution in [0.25, 0.3) is 0 Å². The van der Waals surface area contributed by atoms with Gasteiger partial charge in [0.25, 0.3) is 0 Å². The second kappa shape index (κ2) is 3.44. The first-order valence-electron chi connectivity index (χ1n) is 4.42. The van der Waals surface area contributed by atoms with Crippen LogP contribution in [0, 0.1) is 5.41 Å². The number of hydrogen-bond donors (Lipinski definition) is 1. The highest BCUT2D eigenvalue weighted by molar-refractivity contribution is 8.14. The van der Waals surface area contributed by atoms with Crippen LogP contribution in [-0.4, -0.2) is 30.4 Å². The Morgan fingerprint density at radius 3 is 2.77 bits per heavy atom. The SMILES string of the molecule is FC(F)C1(CNC2=NCCS2)CC1. The molecule has 1 fully saturated rings. The molecule has 1 N–H and O–H groups in total. The molecular weight excluding hydrogens is 194 g/mol. The summed E-state index contributed by atoms with van der Waals surface area (Å²) in [5.41, 5.74) is -0.730. The van der Waals surface area contributed by atoms with Gasteiger partial charge in [0.05, 0.1) is 6.54 Å². The summed E-state index contributed by atoms with van der Waals surface area (Å²) in [6, 6.07) is 0. The van der Waals surface area contributed by atoms with E-state index >= 15 is 0 Å². The van der Waals surface area contributed by atoms with Gasteiger partial charge in [-0.3, -0.25) is 4.99 Å². The number of nitrogens with zero attached hydrogens (tertiary/aromatic N) is 1. The van der Waals surface area contributed by atoms with E-state index in [0.717, 1.165) is 17.5 Å². The van der Waals surface area contributed by atoms with E-state index in [1.165, 1.54) is 0 Å². The van der Waals surface area contributed by atoms with E-state index in [-0.39, 0.29) is 0 Å². The van der Waals surface area contributed by atoms with Gasteiger partial charge in [-0.15, -0.1) is 0 Å². The van der Waals surface area contributed by atoms with E-state index in [9.17, 15) is 8.78 Å². The monoisotopic (exact) mass is 206 g/mol. The zero-order valence-corrected chi connectivity index (χ0v) is 8.04. The van der Waals surface area contributed by atoms with Gasteiger partial charge in [-0.1, -0.05) is 11.8 Å². The minimum Gasteiger partial charge on any atom is -0.364 e. The van der Waals surface area contributed by atoms with Crippen molar-refractivity contribution in [2.75, 3.05) is 18.8 Å². The Labute approximate surface area is 80.2 Å². The highest BCUT2D eigenvalue weighted by Crippen LogP contribution is 2.50. The van der Waals surface area contributed by atoms with Crippen molar-refractivity contribution in [1.29, 1.82) is 0 Å². The first-order chi connectivity index (χ1) is 6.23. The molecule has 2 rings (SSSR count). The number of rotatable bonds is 3. The molecule has 0 unspecified atom stereocenters. The van der Waals surface area contributed by atoms with Crippen molar-refractivity contribution in [2.24, 2.45) is 10.4 Å². The van der Waals surface area contributed by atoms with Crippen LogP contribution in [0.3, 0.4) is 0 Å². The van der Waals surface area contributed by atoms with Crippen LogP contribution < -0.4 is 5.32 Å². The molecule has 0 aromatic rings. The predicted octanol–water partition coefficient (Wildman–Crippen LogP) is 1.72. The minimum absolute atomic E-state index is 0.385. The summed E-state index contributed by atoms with van der Waals surface area (Å²) in [5.74, 6) is 0.976. The molecule has 74 valence electrons. The molecule has 0 saturated heterocycles. The molecule has 0 amide bonds. The average molecular weight is 206 g/mol. The first kappa shape index (κ1) is 9.24. The summed E-state index contributed by atoms with van der Waals surface area (Å²) in [5, 5.41) is 3.84. The third-order valence-corrected chi connectivity index (χ3v) is 3.47. The van der Waals surface area contributed by atoms with Crippen LogP contribution in [0.1, 0.15) is 12.8 Å². The fourth-order valence-corrected chi connectivity index (χ4v) is 2.06. The molecule has 1 heterocycles. The Kier molecular flexibility index (Phi) is 2.45. The zero-order valence-electron chi connectivity index (χ0n) is 7.22. The molecule has 1 aliphatic heterocycles. The summed E-state index contributed by atoms with van der Waals surface area (Å²) in [6.07, 6.45) is -0.891. The lowest BCUT2D eigenvalue weighted by Gasteiger charge is -2.14. The number of halogens is 2. The molecule has 0 radical (unpaired) electrons. The van der Waals surface area contributed by atoms with E-state index in [4.69, 9.17) is 0 Å². The highest BCUT2D eigenvalue weighted by Gasteiger charge is 2.50. The van der Waals surface area contributed by atoms with E-state index < -0.39 is 11.8 Å². The van der Waals surface area contributed by atoms with Crippen molar-refractivity contribution in [1.82, 2.24) is 5.32 Å². The van der Waals surface area contributed by atoms with Gasteiger partial charge in [0.1, 0.15) is 0 Å². The Morgan fingerprint density at radius 1 is 1.54 bits per heavy atom. The molecule has 2 nitrogen and oxygen atoms in total. The second-order valence-electron chi connectivity index (χ2n) is 3.55. The lowest BCUT2D eigenvalue weighted by atomic mass is 10.1. The van der Waals surface area contributed by atoms with E-state index in [2.05, 4.69) is 10.3 Å². The molecule has 13 heavy (non-hydrogen) atoms. The van der Waals surface area contributed by atoms with Crippen LogP contribution in [0.15, 0.2) is 4.99 Å². The normalized spacial score (nSPS) is 24.7. The lowest BCUT2D eigenvalue weighted by Crippen LogP contribution is -2.31. The number of nitrogens with one attached hydrogen (secondary N) is 1. The molecule has 2 aliphatic rings. The third kappa shape index (κ3) is 1.95. The number of amidine groups is 1. The third-order valence-electron chi connectivity index (χ3n) is 2.53. The van der Waals surface area contributed by atoms with Gasteiger partial charge in [0, 0.05) is 17.7 Å². The van der Waals surface area contributed by atoms with Gasteiger partial charge in [-0.25, -0.2) is 8.78 Å². The summed E-state index contributed by atoms with van der Waals surface area (Å²) in [4.78, 5) is 4.15. The van der Waals surface area contributed by atoms with Gasteiger partial charge in [-0.05, 0) is 12.8 Å². The number of thioether (sulfide) groups is 1. The van der Waals surface area contributed by atoms with Crippen molar-refractivity contribution in [2.45, 2.75) is 19.3 Å². The molecule has 0 aromatic carbocycles. The Balaban J connectivity index is 1.79. The van der Waals surface area contributed by atoms with Crippen molar-refractivity contribution < 1.29 is 8.78 Å².